The van der Waals surface area contributed by atoms with Gasteiger partial charge in [0, 0.05) is 36.4 Å². The summed E-state index contributed by atoms with van der Waals surface area (Å²) in [5, 5.41) is 22.9. The Morgan fingerprint density at radius 2 is 1.89 bits per heavy atom. The van der Waals surface area contributed by atoms with Crippen LogP contribution in [-0.4, -0.2) is 49.5 Å². The van der Waals surface area contributed by atoms with E-state index in [1.807, 2.05) is 47.3 Å². The predicted molar refractivity (Wildman–Crippen MR) is 134 cm³/mol. The molecule has 11 nitrogen and oxygen atoms in total. The molecule has 11 heteroatoms. The SMILES string of the molecule is CCCc1cn(-c2nncn2CC(C)C)c(=O)n1Cc1cnccc1-c1ccccc1-c1nn[nH]n1. The zero-order valence-corrected chi connectivity index (χ0v) is 20.5. The molecule has 0 unspecified atom stereocenters. The molecule has 4 heterocycles. The Morgan fingerprint density at radius 3 is 2.64 bits per heavy atom. The van der Waals surface area contributed by atoms with Crippen LogP contribution in [0.25, 0.3) is 28.5 Å². The summed E-state index contributed by atoms with van der Waals surface area (Å²) in [4.78, 5) is 18.1. The van der Waals surface area contributed by atoms with Crippen molar-refractivity contribution in [3.63, 3.8) is 0 Å². The van der Waals surface area contributed by atoms with Gasteiger partial charge in [-0.1, -0.05) is 51.5 Å². The molecule has 0 aliphatic rings. The summed E-state index contributed by atoms with van der Waals surface area (Å²) >= 11 is 0. The number of aryl methyl sites for hydroxylation is 1. The van der Waals surface area contributed by atoms with E-state index in [4.69, 9.17) is 0 Å². The normalized spacial score (nSPS) is 11.4. The van der Waals surface area contributed by atoms with Crippen molar-refractivity contribution in [2.45, 2.75) is 46.7 Å². The molecule has 5 rings (SSSR count). The van der Waals surface area contributed by atoms with E-state index < -0.39 is 0 Å². The van der Waals surface area contributed by atoms with Gasteiger partial charge in [0.1, 0.15) is 6.33 Å². The number of imidazole rings is 1. The summed E-state index contributed by atoms with van der Waals surface area (Å²) in [5.41, 5.74) is 4.43. The molecular weight excluding hydrogens is 456 g/mol. The number of hydrogen-bond donors (Lipinski definition) is 1. The molecule has 184 valence electrons. The van der Waals surface area contributed by atoms with Crippen LogP contribution in [0.3, 0.4) is 0 Å². The second-order valence-electron chi connectivity index (χ2n) is 9.10. The second kappa shape index (κ2) is 10.1. The van der Waals surface area contributed by atoms with Gasteiger partial charge in [0.25, 0.3) is 0 Å². The molecule has 0 aliphatic carbocycles. The highest BCUT2D eigenvalue weighted by Gasteiger charge is 2.19. The van der Waals surface area contributed by atoms with Crippen molar-refractivity contribution >= 4 is 0 Å². The van der Waals surface area contributed by atoms with Crippen LogP contribution in [0.1, 0.15) is 38.4 Å². The van der Waals surface area contributed by atoms with Crippen LogP contribution in [0.2, 0.25) is 0 Å². The summed E-state index contributed by atoms with van der Waals surface area (Å²) in [6.07, 6.45) is 8.78. The molecule has 0 bridgehead atoms. The third-order valence-corrected chi connectivity index (χ3v) is 5.98. The van der Waals surface area contributed by atoms with E-state index >= 15 is 0 Å². The lowest BCUT2D eigenvalue weighted by Crippen LogP contribution is -2.27. The van der Waals surface area contributed by atoms with Gasteiger partial charge in [0.2, 0.25) is 11.8 Å². The standard InChI is InChI=1S/C25H28N10O/c1-4-7-19-15-35(24-30-27-16-33(24)13-17(2)3)25(36)34(19)14-18-12-26-11-10-20(18)21-8-5-6-9-22(21)23-28-31-32-29-23/h5-6,8-12,15-17H,4,7,13-14H2,1-3H3,(H,28,29,31,32). The molecule has 0 fully saturated rings. The summed E-state index contributed by atoms with van der Waals surface area (Å²) in [7, 11) is 0. The maximum atomic E-state index is 13.7. The molecule has 0 radical (unpaired) electrons. The van der Waals surface area contributed by atoms with Gasteiger partial charge in [-0.2, -0.15) is 5.21 Å². The minimum absolute atomic E-state index is 0.155. The molecule has 0 amide bonds. The zero-order chi connectivity index (χ0) is 25.1. The number of hydrogen-bond acceptors (Lipinski definition) is 7. The lowest BCUT2D eigenvalue weighted by molar-refractivity contribution is 0.512. The van der Waals surface area contributed by atoms with Crippen molar-refractivity contribution in [2.24, 2.45) is 5.92 Å². The number of nitrogens with one attached hydrogen (secondary N) is 1. The highest BCUT2D eigenvalue weighted by molar-refractivity contribution is 5.81. The van der Waals surface area contributed by atoms with E-state index in [1.54, 1.807) is 21.7 Å². The van der Waals surface area contributed by atoms with Crippen LogP contribution in [0.5, 0.6) is 0 Å². The summed E-state index contributed by atoms with van der Waals surface area (Å²) in [6, 6.07) is 9.83. The number of rotatable bonds is 9. The summed E-state index contributed by atoms with van der Waals surface area (Å²) in [6.45, 7) is 7.43. The van der Waals surface area contributed by atoms with E-state index in [1.165, 1.54) is 0 Å². The Balaban J connectivity index is 1.59. The average Bonchev–Trinajstić information content (AvgIpc) is 3.62. The van der Waals surface area contributed by atoms with Crippen LogP contribution in [0.4, 0.5) is 0 Å². The van der Waals surface area contributed by atoms with Crippen molar-refractivity contribution in [2.75, 3.05) is 0 Å². The van der Waals surface area contributed by atoms with E-state index in [0.29, 0.717) is 24.2 Å². The van der Waals surface area contributed by atoms with Crippen LogP contribution >= 0.6 is 0 Å². The molecule has 0 aliphatic heterocycles. The van der Waals surface area contributed by atoms with E-state index in [-0.39, 0.29) is 5.69 Å². The van der Waals surface area contributed by atoms with Crippen LogP contribution < -0.4 is 5.69 Å². The van der Waals surface area contributed by atoms with Gasteiger partial charge in [-0.15, -0.1) is 20.4 Å². The molecule has 1 aromatic carbocycles. The fourth-order valence-corrected chi connectivity index (χ4v) is 4.43. The average molecular weight is 485 g/mol. The first kappa shape index (κ1) is 23.3. The van der Waals surface area contributed by atoms with Gasteiger partial charge in [0.15, 0.2) is 0 Å². The first-order valence-corrected chi connectivity index (χ1v) is 12.0. The van der Waals surface area contributed by atoms with Crippen molar-refractivity contribution in [3.05, 3.63) is 77.0 Å². The Kier molecular flexibility index (Phi) is 6.52. The maximum Gasteiger partial charge on any atom is 0.335 e. The van der Waals surface area contributed by atoms with Gasteiger partial charge < -0.3 is 0 Å². The fourth-order valence-electron chi connectivity index (χ4n) is 4.43. The molecule has 0 saturated heterocycles. The molecule has 36 heavy (non-hydrogen) atoms. The summed E-state index contributed by atoms with van der Waals surface area (Å²) < 4.78 is 5.32. The van der Waals surface area contributed by atoms with Gasteiger partial charge in [-0.05, 0) is 40.3 Å². The van der Waals surface area contributed by atoms with Crippen molar-refractivity contribution in [3.8, 4) is 28.5 Å². The molecule has 0 spiro atoms. The van der Waals surface area contributed by atoms with Crippen molar-refractivity contribution in [1.82, 2.24) is 49.5 Å². The molecular formula is C25H28N10O. The van der Waals surface area contributed by atoms with Gasteiger partial charge >= 0.3 is 5.69 Å². The Hall–Kier alpha value is -4.41. The number of benzene rings is 1. The Morgan fingerprint density at radius 1 is 1.06 bits per heavy atom. The van der Waals surface area contributed by atoms with Crippen LogP contribution in [0, 0.1) is 5.92 Å². The van der Waals surface area contributed by atoms with Gasteiger partial charge in [-0.25, -0.2) is 9.36 Å². The smallest absolute Gasteiger partial charge is 0.299 e. The Labute approximate surface area is 207 Å². The van der Waals surface area contributed by atoms with Crippen LogP contribution in [-0.2, 0) is 19.5 Å². The first-order valence-electron chi connectivity index (χ1n) is 12.0. The molecule has 0 atom stereocenters. The minimum atomic E-state index is -0.155. The monoisotopic (exact) mass is 484 g/mol. The maximum absolute atomic E-state index is 13.7. The third-order valence-electron chi connectivity index (χ3n) is 5.98. The first-order chi connectivity index (χ1) is 17.6. The highest BCUT2D eigenvalue weighted by atomic mass is 16.2. The Bertz CT molecular complexity index is 1510. The van der Waals surface area contributed by atoms with E-state index in [9.17, 15) is 4.79 Å². The highest BCUT2D eigenvalue weighted by Crippen LogP contribution is 2.32. The number of pyridine rings is 1. The topological polar surface area (TPSA) is 125 Å². The van der Waals surface area contributed by atoms with Gasteiger partial charge in [-0.3, -0.25) is 14.1 Å². The number of nitrogens with zero attached hydrogens (tertiary/aromatic N) is 9. The number of aromatic nitrogens is 10. The number of aromatic amines is 1. The van der Waals surface area contributed by atoms with E-state index in [0.717, 1.165) is 47.3 Å². The quantitative estimate of drug-likeness (QED) is 0.341. The minimum Gasteiger partial charge on any atom is -0.299 e. The largest absolute Gasteiger partial charge is 0.335 e. The lowest BCUT2D eigenvalue weighted by Gasteiger charge is -2.13. The fraction of sp³-hybridized carbons (Fsp3) is 0.320. The van der Waals surface area contributed by atoms with Crippen molar-refractivity contribution < 1.29 is 0 Å². The zero-order valence-electron chi connectivity index (χ0n) is 20.5. The number of H-pyrrole nitrogens is 1. The number of tetrazole rings is 1. The summed E-state index contributed by atoms with van der Waals surface area (Å²) in [5.74, 6) is 1.43. The third kappa shape index (κ3) is 4.47. The predicted octanol–water partition coefficient (Wildman–Crippen LogP) is 3.13. The molecule has 0 saturated carbocycles. The van der Waals surface area contributed by atoms with Gasteiger partial charge in [0.05, 0.1) is 6.54 Å². The molecule has 5 aromatic rings. The molecule has 1 N–H and O–H groups in total. The molecule has 4 aromatic heterocycles. The van der Waals surface area contributed by atoms with Crippen LogP contribution in [0.15, 0.2) is 60.0 Å². The van der Waals surface area contributed by atoms with Crippen molar-refractivity contribution in [1.29, 1.82) is 0 Å². The second-order valence-corrected chi connectivity index (χ2v) is 9.10. The van der Waals surface area contributed by atoms with E-state index in [2.05, 4.69) is 56.6 Å². The lowest BCUT2D eigenvalue weighted by atomic mass is 9.96.